The van der Waals surface area contributed by atoms with Gasteiger partial charge in [0.15, 0.2) is 5.78 Å². The third-order valence-corrected chi connectivity index (χ3v) is 11.5. The summed E-state index contributed by atoms with van der Waals surface area (Å²) in [6, 6.07) is 14.2. The molecule has 3 aromatic heterocycles. The van der Waals surface area contributed by atoms with Crippen LogP contribution in [0.2, 0.25) is 0 Å². The Bertz CT molecular complexity index is 1950. The molecule has 7 heteroatoms. The number of carbonyl (C=O) groups is 1. The van der Waals surface area contributed by atoms with Crippen LogP contribution in [0.15, 0.2) is 58.2 Å². The van der Waals surface area contributed by atoms with Gasteiger partial charge in [0.1, 0.15) is 28.8 Å². The van der Waals surface area contributed by atoms with E-state index < -0.39 is 0 Å². The zero-order valence-electron chi connectivity index (χ0n) is 30.1. The first kappa shape index (κ1) is 37.8. The summed E-state index contributed by atoms with van der Waals surface area (Å²) in [5, 5.41) is 15.5. The van der Waals surface area contributed by atoms with Crippen LogP contribution in [0.1, 0.15) is 106 Å². The Labute approximate surface area is 303 Å². The number of hydrogen-bond acceptors (Lipinski definition) is 6. The topological polar surface area (TPSA) is 72.6 Å². The molecule has 4 heterocycles. The first-order valence-electron chi connectivity index (χ1n) is 17.1. The molecular formula is C41H50IrNO4S-. The van der Waals surface area contributed by atoms with Gasteiger partial charge in [-0.15, -0.1) is 23.6 Å². The number of nitrogens with zero attached hydrogens (tertiary/aromatic N) is 1. The molecule has 5 nitrogen and oxygen atoms in total. The van der Waals surface area contributed by atoms with Crippen molar-refractivity contribution < 1.29 is 39.2 Å². The van der Waals surface area contributed by atoms with E-state index in [9.17, 15) is 9.90 Å². The molecule has 0 bridgehead atoms. The van der Waals surface area contributed by atoms with Gasteiger partial charge in [-0.3, -0.25) is 9.78 Å². The number of furan rings is 1. The smallest absolute Gasteiger partial charge is 0.164 e. The van der Waals surface area contributed by atoms with Gasteiger partial charge < -0.3 is 14.3 Å². The van der Waals surface area contributed by atoms with E-state index in [1.54, 1.807) is 11.3 Å². The van der Waals surface area contributed by atoms with Crippen molar-refractivity contribution in [3.05, 3.63) is 70.9 Å². The fraction of sp³-hybridized carbons (Fsp3) is 0.463. The van der Waals surface area contributed by atoms with E-state index in [0.717, 1.165) is 76.4 Å². The maximum Gasteiger partial charge on any atom is 0.164 e. The Kier molecular flexibility index (Phi) is 11.4. The Morgan fingerprint density at radius 1 is 0.979 bits per heavy atom. The normalized spacial score (nSPS) is 15.2. The number of aromatic nitrogens is 1. The van der Waals surface area contributed by atoms with Gasteiger partial charge in [-0.2, -0.15) is 11.3 Å². The SMILES string of the molecule is CC1Cc2ccc3oc4ccnc(-c5[c-]c6ccsc6c(C(C)(C)C)c5)c4c3c2O1.CCC(C)(CC)C(=O)/C=C(\O)C(C)(CC)CC.[Ir]. The van der Waals surface area contributed by atoms with Gasteiger partial charge in [-0.05, 0) is 65.8 Å². The predicted octanol–water partition coefficient (Wildman–Crippen LogP) is 11.9. The minimum absolute atomic E-state index is 0. The monoisotopic (exact) mass is 845 g/mol. The number of thiophene rings is 1. The van der Waals surface area contributed by atoms with Crippen LogP contribution < -0.4 is 4.74 Å². The van der Waals surface area contributed by atoms with Gasteiger partial charge in [-0.1, -0.05) is 79.5 Å². The molecule has 0 spiro atoms. The fourth-order valence-corrected chi connectivity index (χ4v) is 7.32. The molecule has 1 radical (unpaired) electrons. The van der Waals surface area contributed by atoms with Crippen molar-refractivity contribution in [3.8, 4) is 17.0 Å². The number of benzene rings is 2. The maximum atomic E-state index is 12.2. The van der Waals surface area contributed by atoms with Crippen LogP contribution in [0.25, 0.3) is 43.3 Å². The summed E-state index contributed by atoms with van der Waals surface area (Å²) in [7, 11) is 0. The molecule has 1 aliphatic heterocycles. The first-order valence-corrected chi connectivity index (χ1v) is 18.0. The molecule has 1 atom stereocenters. The van der Waals surface area contributed by atoms with Crippen molar-refractivity contribution in [2.45, 2.75) is 113 Å². The first-order chi connectivity index (χ1) is 22.2. The molecule has 0 saturated carbocycles. The van der Waals surface area contributed by atoms with Crippen molar-refractivity contribution >= 4 is 49.1 Å². The van der Waals surface area contributed by atoms with Gasteiger partial charge in [-0.25, -0.2) is 0 Å². The van der Waals surface area contributed by atoms with E-state index in [-0.39, 0.29) is 54.0 Å². The molecule has 48 heavy (non-hydrogen) atoms. The molecule has 0 amide bonds. The summed E-state index contributed by atoms with van der Waals surface area (Å²) in [5.74, 6) is 1.23. The fourth-order valence-electron chi connectivity index (χ4n) is 6.25. The van der Waals surface area contributed by atoms with E-state index in [1.807, 2.05) is 53.8 Å². The molecule has 0 aliphatic carbocycles. The Morgan fingerprint density at radius 3 is 2.25 bits per heavy atom. The van der Waals surface area contributed by atoms with Crippen LogP contribution in [-0.2, 0) is 36.7 Å². The zero-order valence-corrected chi connectivity index (χ0v) is 33.3. The van der Waals surface area contributed by atoms with Gasteiger partial charge in [0, 0.05) is 60.7 Å². The number of hydrogen-bond donors (Lipinski definition) is 1. The summed E-state index contributed by atoms with van der Waals surface area (Å²) in [4.78, 5) is 17.0. The average molecular weight is 845 g/mol. The molecule has 5 aromatic rings. The number of ketones is 1. The standard InChI is InChI=1S/C26H22NO2S.C15H28O2.Ir/c1-14-11-15-5-6-19-22(24(15)28-14)21-20(29-19)7-9-27-23(21)17-12-16-8-10-30-25(16)18(13-17)26(2,3)4;1-7-14(5,8-2)12(16)11-13(17)15(6,9-3)10-4;/h5-10,13-14H,11H2,1-4H3;11,16H,7-10H2,1-6H3;/q-1;;/b;12-11-;. The van der Waals surface area contributed by atoms with E-state index in [2.05, 4.69) is 63.4 Å². The number of carbonyl (C=O) groups excluding carboxylic acids is 1. The second-order valence-corrected chi connectivity index (χ2v) is 15.5. The van der Waals surface area contributed by atoms with E-state index in [4.69, 9.17) is 14.1 Å². The van der Waals surface area contributed by atoms with Crippen molar-refractivity contribution in [1.29, 1.82) is 0 Å². The second-order valence-electron chi connectivity index (χ2n) is 14.6. The Morgan fingerprint density at radius 2 is 1.62 bits per heavy atom. The van der Waals surface area contributed by atoms with Crippen molar-refractivity contribution in [2.24, 2.45) is 10.8 Å². The second kappa shape index (κ2) is 14.5. The third-order valence-electron chi connectivity index (χ3n) is 10.5. The molecule has 0 saturated heterocycles. The number of allylic oxidation sites excluding steroid dienone is 2. The summed E-state index contributed by atoms with van der Waals surface area (Å²) in [6.45, 7) is 21.0. The number of rotatable bonds is 8. The molecular weight excluding hydrogens is 795 g/mol. The van der Waals surface area contributed by atoms with Crippen LogP contribution in [0, 0.1) is 16.9 Å². The number of ether oxygens (including phenoxy) is 1. The number of aliphatic hydroxyl groups is 1. The average Bonchev–Trinajstić information content (AvgIpc) is 3.78. The number of aliphatic hydroxyl groups excluding tert-OH is 1. The third kappa shape index (κ3) is 7.02. The number of pyridine rings is 1. The molecule has 1 aliphatic rings. The quantitative estimate of drug-likeness (QED) is 0.0957. The summed E-state index contributed by atoms with van der Waals surface area (Å²) in [5.41, 5.74) is 5.57. The van der Waals surface area contributed by atoms with Gasteiger partial charge in [0.25, 0.3) is 0 Å². The van der Waals surface area contributed by atoms with Crippen LogP contribution in [-0.4, -0.2) is 22.0 Å². The van der Waals surface area contributed by atoms with Crippen LogP contribution in [0.5, 0.6) is 5.75 Å². The Balaban J connectivity index is 0.000000251. The molecule has 1 N–H and O–H groups in total. The van der Waals surface area contributed by atoms with Gasteiger partial charge in [0.05, 0.1) is 5.39 Å². The van der Waals surface area contributed by atoms with Gasteiger partial charge >= 0.3 is 0 Å². The van der Waals surface area contributed by atoms with Crippen LogP contribution in [0.3, 0.4) is 0 Å². The predicted molar refractivity (Wildman–Crippen MR) is 197 cm³/mol. The molecule has 2 aromatic carbocycles. The number of fused-ring (bicyclic) bond motifs is 6. The summed E-state index contributed by atoms with van der Waals surface area (Å²) in [6.07, 6.45) is 7.68. The largest absolute Gasteiger partial charge is 0.512 e. The van der Waals surface area contributed by atoms with Crippen molar-refractivity contribution in [2.75, 3.05) is 0 Å². The van der Waals surface area contributed by atoms with Gasteiger partial charge in [0.2, 0.25) is 0 Å². The van der Waals surface area contributed by atoms with E-state index >= 15 is 0 Å². The van der Waals surface area contributed by atoms with Crippen LogP contribution in [0.4, 0.5) is 0 Å². The molecule has 0 fully saturated rings. The zero-order chi connectivity index (χ0) is 34.3. The molecule has 6 rings (SSSR count). The maximum absolute atomic E-state index is 12.2. The van der Waals surface area contributed by atoms with Crippen LogP contribution >= 0.6 is 11.3 Å². The van der Waals surface area contributed by atoms with Crippen molar-refractivity contribution in [3.63, 3.8) is 0 Å². The minimum atomic E-state index is -0.337. The summed E-state index contributed by atoms with van der Waals surface area (Å²) >= 11 is 1.78. The Hall–Kier alpha value is -2.99. The molecule has 1 unspecified atom stereocenters. The van der Waals surface area contributed by atoms with Crippen molar-refractivity contribution in [1.82, 2.24) is 4.98 Å². The van der Waals surface area contributed by atoms with E-state index in [0.29, 0.717) is 0 Å². The summed E-state index contributed by atoms with van der Waals surface area (Å²) < 4.78 is 13.7. The molecule has 259 valence electrons. The van der Waals surface area contributed by atoms with E-state index in [1.165, 1.54) is 21.9 Å². The minimum Gasteiger partial charge on any atom is -0.512 e.